The van der Waals surface area contributed by atoms with Crippen LogP contribution < -0.4 is 10.6 Å². The molecule has 0 heterocycles. The Morgan fingerprint density at radius 1 is 1.07 bits per heavy atom. The predicted octanol–water partition coefficient (Wildman–Crippen LogP) is 2.51. The maximum absolute atomic E-state index is 12.3. The van der Waals surface area contributed by atoms with Crippen LogP contribution in [-0.4, -0.2) is 44.2 Å². The van der Waals surface area contributed by atoms with Crippen LogP contribution in [0.4, 0.5) is 17.1 Å². The lowest BCUT2D eigenvalue weighted by Crippen LogP contribution is -2.24. The molecule has 0 aliphatic carbocycles. The van der Waals surface area contributed by atoms with Gasteiger partial charge in [-0.15, -0.1) is 0 Å². The summed E-state index contributed by atoms with van der Waals surface area (Å²) in [5, 5.41) is 16.4. The van der Waals surface area contributed by atoms with Gasteiger partial charge in [-0.05, 0) is 43.2 Å². The minimum atomic E-state index is -3.58. The van der Waals surface area contributed by atoms with Gasteiger partial charge >= 0.3 is 0 Å². The second-order valence-electron chi connectivity index (χ2n) is 6.42. The van der Waals surface area contributed by atoms with E-state index in [1.807, 2.05) is 0 Å². The Labute approximate surface area is 163 Å². The number of nitrogens with one attached hydrogen (secondary N) is 2. The first kappa shape index (κ1) is 21.3. The van der Waals surface area contributed by atoms with Gasteiger partial charge in [0, 0.05) is 37.6 Å². The van der Waals surface area contributed by atoms with Gasteiger partial charge in [0.05, 0.1) is 16.4 Å². The van der Waals surface area contributed by atoms with Crippen molar-refractivity contribution in [2.24, 2.45) is 0 Å². The van der Waals surface area contributed by atoms with E-state index in [0.717, 1.165) is 9.87 Å². The minimum Gasteiger partial charge on any atom is -0.376 e. The van der Waals surface area contributed by atoms with E-state index in [9.17, 15) is 23.3 Å². The lowest BCUT2D eigenvalue weighted by Gasteiger charge is -2.15. The van der Waals surface area contributed by atoms with Crippen LogP contribution in [0.3, 0.4) is 0 Å². The molecule has 0 aliphatic heterocycles. The van der Waals surface area contributed by atoms with E-state index in [-0.39, 0.29) is 23.0 Å². The molecule has 150 valence electrons. The van der Waals surface area contributed by atoms with Crippen molar-refractivity contribution in [2.75, 3.05) is 31.3 Å². The summed E-state index contributed by atoms with van der Waals surface area (Å²) in [6.07, 6.45) is 0. The fourth-order valence-electron chi connectivity index (χ4n) is 2.43. The Morgan fingerprint density at radius 3 is 2.32 bits per heavy atom. The molecule has 1 amide bonds. The van der Waals surface area contributed by atoms with Crippen molar-refractivity contribution in [3.8, 4) is 0 Å². The summed E-state index contributed by atoms with van der Waals surface area (Å²) in [5.74, 6) is -0.364. The number of sulfonamides is 1. The predicted molar refractivity (Wildman–Crippen MR) is 107 cm³/mol. The Balaban J connectivity index is 2.10. The molecule has 2 aromatic carbocycles. The highest BCUT2D eigenvalue weighted by atomic mass is 32.2. The second kappa shape index (κ2) is 8.36. The topological polar surface area (TPSA) is 122 Å². The summed E-state index contributed by atoms with van der Waals surface area (Å²) in [6, 6.07) is 8.82. The van der Waals surface area contributed by atoms with Crippen LogP contribution in [0.5, 0.6) is 0 Å². The van der Waals surface area contributed by atoms with Gasteiger partial charge in [0.15, 0.2) is 0 Å². The molecule has 0 saturated heterocycles. The highest BCUT2D eigenvalue weighted by Gasteiger charge is 2.18. The van der Waals surface area contributed by atoms with Gasteiger partial charge in [-0.3, -0.25) is 14.9 Å². The molecule has 0 unspecified atom stereocenters. The number of nitro groups is 1. The number of nitro benzene ring substituents is 1. The molecule has 0 aromatic heterocycles. The van der Waals surface area contributed by atoms with Gasteiger partial charge in [-0.2, -0.15) is 0 Å². The Kier molecular flexibility index (Phi) is 6.37. The van der Waals surface area contributed by atoms with Gasteiger partial charge in [-0.25, -0.2) is 12.7 Å². The van der Waals surface area contributed by atoms with E-state index in [0.29, 0.717) is 16.9 Å². The summed E-state index contributed by atoms with van der Waals surface area (Å²) in [6.45, 7) is 3.37. The average Bonchev–Trinajstić information content (AvgIpc) is 2.62. The third-order valence-electron chi connectivity index (χ3n) is 4.12. The van der Waals surface area contributed by atoms with Crippen LogP contribution in [0.25, 0.3) is 0 Å². The van der Waals surface area contributed by atoms with Crippen molar-refractivity contribution >= 4 is 33.0 Å². The highest BCUT2D eigenvalue weighted by Crippen LogP contribution is 2.23. The number of hydrogen-bond acceptors (Lipinski definition) is 6. The van der Waals surface area contributed by atoms with Crippen molar-refractivity contribution in [2.45, 2.75) is 18.7 Å². The van der Waals surface area contributed by atoms with Gasteiger partial charge in [0.2, 0.25) is 15.9 Å². The van der Waals surface area contributed by atoms with Gasteiger partial charge in [0.25, 0.3) is 5.69 Å². The fourth-order valence-corrected chi connectivity index (χ4v) is 3.36. The van der Waals surface area contributed by atoms with E-state index in [4.69, 9.17) is 0 Å². The number of carbonyl (C=O) groups is 1. The van der Waals surface area contributed by atoms with Crippen molar-refractivity contribution in [3.63, 3.8) is 0 Å². The van der Waals surface area contributed by atoms with Crippen molar-refractivity contribution in [1.29, 1.82) is 0 Å². The number of anilines is 2. The van der Waals surface area contributed by atoms with E-state index < -0.39 is 14.9 Å². The summed E-state index contributed by atoms with van der Waals surface area (Å²) in [4.78, 5) is 22.6. The molecule has 2 N–H and O–H groups in total. The van der Waals surface area contributed by atoms with Crippen molar-refractivity contribution in [1.82, 2.24) is 4.31 Å². The zero-order chi connectivity index (χ0) is 21.1. The molecule has 0 aliphatic rings. The molecule has 10 heteroatoms. The van der Waals surface area contributed by atoms with E-state index in [1.165, 1.54) is 44.4 Å². The highest BCUT2D eigenvalue weighted by molar-refractivity contribution is 7.89. The largest absolute Gasteiger partial charge is 0.376 e. The fraction of sp³-hybridized carbons (Fsp3) is 0.278. The summed E-state index contributed by atoms with van der Waals surface area (Å²) < 4.78 is 25.6. The summed E-state index contributed by atoms with van der Waals surface area (Å²) in [5.41, 5.74) is 2.30. The molecular formula is C18H22N4O5S. The molecule has 0 spiro atoms. The number of benzene rings is 2. The lowest BCUT2D eigenvalue weighted by atomic mass is 10.1. The molecule has 9 nitrogen and oxygen atoms in total. The average molecular weight is 406 g/mol. The van der Waals surface area contributed by atoms with Gasteiger partial charge in [-0.1, -0.05) is 6.07 Å². The van der Waals surface area contributed by atoms with E-state index in [2.05, 4.69) is 10.6 Å². The van der Waals surface area contributed by atoms with Crippen molar-refractivity contribution in [3.05, 3.63) is 57.6 Å². The number of rotatable bonds is 7. The molecule has 28 heavy (non-hydrogen) atoms. The Morgan fingerprint density at radius 2 is 1.75 bits per heavy atom. The SMILES string of the molecule is Cc1ccc(S(=O)(=O)N(C)C)cc1NCC(=O)Nc1ccc([N+](=O)[O-])cc1C. The quantitative estimate of drug-likeness (QED) is 0.538. The first-order chi connectivity index (χ1) is 13.0. The molecule has 2 rings (SSSR count). The maximum atomic E-state index is 12.3. The zero-order valence-electron chi connectivity index (χ0n) is 16.0. The van der Waals surface area contributed by atoms with Gasteiger partial charge in [0.1, 0.15) is 0 Å². The molecule has 0 atom stereocenters. The molecule has 0 fully saturated rings. The Hall–Kier alpha value is -2.98. The molecule has 0 saturated carbocycles. The van der Waals surface area contributed by atoms with E-state index in [1.54, 1.807) is 19.9 Å². The number of carbonyl (C=O) groups excluding carboxylic acids is 1. The number of hydrogen-bond donors (Lipinski definition) is 2. The zero-order valence-corrected chi connectivity index (χ0v) is 16.8. The van der Waals surface area contributed by atoms with E-state index >= 15 is 0 Å². The lowest BCUT2D eigenvalue weighted by molar-refractivity contribution is -0.384. The van der Waals surface area contributed by atoms with Crippen LogP contribution in [0.2, 0.25) is 0 Å². The number of aryl methyl sites for hydroxylation is 2. The molecule has 2 aromatic rings. The maximum Gasteiger partial charge on any atom is 0.269 e. The van der Waals surface area contributed by atoms with Crippen LogP contribution in [0.1, 0.15) is 11.1 Å². The van der Waals surface area contributed by atoms with Crippen LogP contribution in [0.15, 0.2) is 41.3 Å². The van der Waals surface area contributed by atoms with Crippen LogP contribution in [-0.2, 0) is 14.8 Å². The molecule has 0 bridgehead atoms. The third kappa shape index (κ3) is 4.84. The number of non-ortho nitro benzene ring substituents is 1. The standard InChI is InChI=1S/C18H22N4O5S/c1-12-5-7-15(28(26,27)21(3)4)10-17(12)19-11-18(23)20-16-8-6-14(22(24)25)9-13(16)2/h5-10,19H,11H2,1-4H3,(H,20,23). The number of amides is 1. The first-order valence-corrected chi connectivity index (χ1v) is 9.78. The molecule has 0 radical (unpaired) electrons. The second-order valence-corrected chi connectivity index (χ2v) is 8.57. The van der Waals surface area contributed by atoms with Crippen molar-refractivity contribution < 1.29 is 18.1 Å². The van der Waals surface area contributed by atoms with Crippen LogP contribution in [0, 0.1) is 24.0 Å². The normalized spacial score (nSPS) is 11.3. The number of nitrogens with zero attached hydrogens (tertiary/aromatic N) is 2. The Bertz CT molecular complexity index is 1020. The minimum absolute atomic E-state index is 0.0526. The summed E-state index contributed by atoms with van der Waals surface area (Å²) >= 11 is 0. The first-order valence-electron chi connectivity index (χ1n) is 8.34. The van der Waals surface area contributed by atoms with Gasteiger partial charge < -0.3 is 10.6 Å². The summed E-state index contributed by atoms with van der Waals surface area (Å²) in [7, 11) is -0.689. The third-order valence-corrected chi connectivity index (χ3v) is 5.93. The smallest absolute Gasteiger partial charge is 0.269 e. The molecular weight excluding hydrogens is 384 g/mol. The monoisotopic (exact) mass is 406 g/mol. The van der Waals surface area contributed by atoms with Crippen LogP contribution >= 0.6 is 0 Å².